The van der Waals surface area contributed by atoms with Crippen molar-refractivity contribution in [3.63, 3.8) is 0 Å². The predicted molar refractivity (Wildman–Crippen MR) is 154 cm³/mol. The topological polar surface area (TPSA) is 118 Å². The minimum Gasteiger partial charge on any atom is -0.464 e. The highest BCUT2D eigenvalue weighted by molar-refractivity contribution is 5.91. The molecule has 0 aliphatic carbocycles. The van der Waals surface area contributed by atoms with E-state index in [9.17, 15) is 9.59 Å². The summed E-state index contributed by atoms with van der Waals surface area (Å²) in [7, 11) is 1.34. The number of hydrogen-bond donors (Lipinski definition) is 1. The van der Waals surface area contributed by atoms with Crippen molar-refractivity contribution in [3.05, 3.63) is 77.6 Å². The summed E-state index contributed by atoms with van der Waals surface area (Å²) in [6, 6.07) is 13.5. The molecule has 4 aromatic rings. The van der Waals surface area contributed by atoms with Crippen LogP contribution in [0.5, 0.6) is 0 Å². The van der Waals surface area contributed by atoms with Gasteiger partial charge in [-0.25, -0.2) is 19.3 Å². The molecule has 1 atom stereocenters. The first kappa shape index (κ1) is 26.7. The Labute approximate surface area is 238 Å². The summed E-state index contributed by atoms with van der Waals surface area (Å²) in [4.78, 5) is 43.0. The third-order valence-electron chi connectivity index (χ3n) is 8.21. The smallest absolute Gasteiger partial charge is 0.356 e. The van der Waals surface area contributed by atoms with Crippen LogP contribution in [0.3, 0.4) is 0 Å². The summed E-state index contributed by atoms with van der Waals surface area (Å²) in [6.07, 6.45) is 6.32. The summed E-state index contributed by atoms with van der Waals surface area (Å²) < 4.78 is 6.50. The average molecular weight is 555 g/mol. The minimum atomic E-state index is -0.459. The van der Waals surface area contributed by atoms with Crippen molar-refractivity contribution in [3.8, 4) is 0 Å². The van der Waals surface area contributed by atoms with Gasteiger partial charge in [-0.2, -0.15) is 0 Å². The van der Waals surface area contributed by atoms with E-state index < -0.39 is 5.97 Å². The average Bonchev–Trinajstić information content (AvgIpc) is 3.63. The van der Waals surface area contributed by atoms with E-state index in [1.54, 1.807) is 16.6 Å². The predicted octanol–water partition coefficient (Wildman–Crippen LogP) is 3.18. The van der Waals surface area contributed by atoms with Crippen molar-refractivity contribution >= 4 is 29.0 Å². The number of nitrogens with one attached hydrogen (secondary N) is 1. The first-order valence-electron chi connectivity index (χ1n) is 14.0. The van der Waals surface area contributed by atoms with Crippen LogP contribution in [0.4, 0.5) is 11.5 Å². The van der Waals surface area contributed by atoms with Crippen molar-refractivity contribution in [2.45, 2.75) is 44.6 Å². The number of amides is 1. The summed E-state index contributed by atoms with van der Waals surface area (Å²) >= 11 is 0. The lowest BCUT2D eigenvalue weighted by Crippen LogP contribution is -2.45. The van der Waals surface area contributed by atoms with Crippen molar-refractivity contribution in [2.75, 3.05) is 43.1 Å². The molecule has 0 saturated carbocycles. The molecule has 6 heterocycles. The van der Waals surface area contributed by atoms with Gasteiger partial charge in [0.15, 0.2) is 11.3 Å². The summed E-state index contributed by atoms with van der Waals surface area (Å²) in [5.74, 6) is 0.159. The van der Waals surface area contributed by atoms with Crippen molar-refractivity contribution < 1.29 is 14.3 Å². The van der Waals surface area contributed by atoms with E-state index in [-0.39, 0.29) is 28.9 Å². The zero-order valence-electron chi connectivity index (χ0n) is 23.6. The third kappa shape index (κ3) is 5.31. The van der Waals surface area contributed by atoms with Crippen LogP contribution in [0.2, 0.25) is 0 Å². The molecule has 212 valence electrons. The Kier molecular flexibility index (Phi) is 7.02. The Morgan fingerprint density at radius 3 is 2.63 bits per heavy atom. The zero-order chi connectivity index (χ0) is 28.6. The lowest BCUT2D eigenvalue weighted by Gasteiger charge is -2.33. The minimum absolute atomic E-state index is 0.000293. The van der Waals surface area contributed by atoms with E-state index in [1.165, 1.54) is 7.11 Å². The standard InChI is InChI=1S/C30H34N8O3/c1-20-17-22(37-16-12-30(2,19-37)24-8-4-5-13-31-24)18-38-27(20)34-26(35-38)28(39)32-21-10-14-36(15-11-21)25-9-6-7-23(33-25)29(40)41-3/h4-9,13,17-18,21H,10-12,14-16,19H2,1-3H3,(H,32,39). The summed E-state index contributed by atoms with van der Waals surface area (Å²) in [5, 5.41) is 7.66. The first-order chi connectivity index (χ1) is 19.8. The largest absolute Gasteiger partial charge is 0.464 e. The molecule has 1 unspecified atom stereocenters. The fraction of sp³-hybridized carbons (Fsp3) is 0.400. The molecule has 2 fully saturated rings. The highest BCUT2D eigenvalue weighted by Crippen LogP contribution is 2.35. The first-order valence-corrected chi connectivity index (χ1v) is 14.0. The number of rotatable bonds is 6. The van der Waals surface area contributed by atoms with Crippen LogP contribution in [-0.2, 0) is 10.2 Å². The molecule has 41 heavy (non-hydrogen) atoms. The maximum atomic E-state index is 13.1. The zero-order valence-corrected chi connectivity index (χ0v) is 23.6. The van der Waals surface area contributed by atoms with Crippen LogP contribution in [0.1, 0.15) is 58.6 Å². The Balaban J connectivity index is 1.10. The fourth-order valence-electron chi connectivity index (χ4n) is 5.83. The van der Waals surface area contributed by atoms with Crippen molar-refractivity contribution in [2.24, 2.45) is 0 Å². The second-order valence-corrected chi connectivity index (χ2v) is 11.1. The van der Waals surface area contributed by atoms with Crippen LogP contribution in [-0.4, -0.2) is 75.8 Å². The van der Waals surface area contributed by atoms with Gasteiger partial charge in [0.25, 0.3) is 5.91 Å². The van der Waals surface area contributed by atoms with E-state index in [2.05, 4.69) is 54.2 Å². The molecule has 0 aromatic carbocycles. The molecule has 1 N–H and O–H groups in total. The number of esters is 1. The molecule has 6 rings (SSSR count). The van der Waals surface area contributed by atoms with E-state index in [0.717, 1.165) is 55.1 Å². The van der Waals surface area contributed by atoms with Gasteiger partial charge in [0.1, 0.15) is 5.82 Å². The molecule has 2 aliphatic heterocycles. The quantitative estimate of drug-likeness (QED) is 0.359. The molecule has 11 heteroatoms. The van der Waals surface area contributed by atoms with Crippen molar-refractivity contribution in [1.29, 1.82) is 0 Å². The van der Waals surface area contributed by atoms with Gasteiger partial charge in [-0.1, -0.05) is 19.1 Å². The second-order valence-electron chi connectivity index (χ2n) is 11.1. The molecule has 0 spiro atoms. The van der Waals surface area contributed by atoms with Gasteiger partial charge < -0.3 is 19.9 Å². The van der Waals surface area contributed by atoms with Crippen molar-refractivity contribution in [1.82, 2.24) is 29.9 Å². The second kappa shape index (κ2) is 10.8. The van der Waals surface area contributed by atoms with E-state index >= 15 is 0 Å². The molecule has 2 saturated heterocycles. The molecule has 0 bridgehead atoms. The van der Waals surface area contributed by atoms with Gasteiger partial charge in [-0.05, 0) is 62.1 Å². The maximum absolute atomic E-state index is 13.1. The number of nitrogens with zero attached hydrogens (tertiary/aromatic N) is 7. The number of piperidine rings is 1. The Bertz CT molecular complexity index is 1580. The van der Waals surface area contributed by atoms with E-state index in [1.807, 2.05) is 37.5 Å². The van der Waals surface area contributed by atoms with Crippen LogP contribution < -0.4 is 15.1 Å². The molecule has 0 radical (unpaired) electrons. The fourth-order valence-corrected chi connectivity index (χ4v) is 5.83. The van der Waals surface area contributed by atoms with Crippen LogP contribution >= 0.6 is 0 Å². The molecule has 4 aromatic heterocycles. The molecule has 11 nitrogen and oxygen atoms in total. The van der Waals surface area contributed by atoms with Crippen LogP contribution in [0.25, 0.3) is 5.65 Å². The summed E-state index contributed by atoms with van der Waals surface area (Å²) in [6.45, 7) is 7.45. The highest BCUT2D eigenvalue weighted by Gasteiger charge is 2.37. The molecular weight excluding hydrogens is 520 g/mol. The Morgan fingerprint density at radius 1 is 1.05 bits per heavy atom. The number of aromatic nitrogens is 5. The monoisotopic (exact) mass is 554 g/mol. The number of aryl methyl sites for hydroxylation is 1. The maximum Gasteiger partial charge on any atom is 0.356 e. The van der Waals surface area contributed by atoms with E-state index in [4.69, 9.17) is 4.74 Å². The van der Waals surface area contributed by atoms with Gasteiger partial charge in [0, 0.05) is 49.5 Å². The SMILES string of the molecule is COC(=O)c1cccc(N2CCC(NC(=O)c3nc4c(C)cc(N5CCC(C)(c6ccccn6)C5)cn4n3)CC2)n1. The van der Waals surface area contributed by atoms with Gasteiger partial charge >= 0.3 is 5.97 Å². The number of fused-ring (bicyclic) bond motifs is 1. The lowest BCUT2D eigenvalue weighted by atomic mass is 9.85. The van der Waals surface area contributed by atoms with Gasteiger partial charge in [0.2, 0.25) is 5.82 Å². The number of hydrogen-bond acceptors (Lipinski definition) is 9. The lowest BCUT2D eigenvalue weighted by molar-refractivity contribution is 0.0594. The number of carbonyl (C=O) groups excluding carboxylic acids is 2. The number of anilines is 2. The third-order valence-corrected chi connectivity index (χ3v) is 8.21. The number of methoxy groups -OCH3 is 1. The molecular formula is C30H34N8O3. The molecule has 2 aliphatic rings. The number of pyridine rings is 3. The molecule has 1 amide bonds. The van der Waals surface area contributed by atoms with Crippen LogP contribution in [0.15, 0.2) is 54.9 Å². The number of ether oxygens (including phenoxy) is 1. The normalized spacial score (nSPS) is 19.5. The van der Waals surface area contributed by atoms with Gasteiger partial charge in [-0.3, -0.25) is 9.78 Å². The Morgan fingerprint density at radius 2 is 1.88 bits per heavy atom. The highest BCUT2D eigenvalue weighted by atomic mass is 16.5. The number of carbonyl (C=O) groups is 2. The summed E-state index contributed by atoms with van der Waals surface area (Å²) in [5.41, 5.74) is 4.07. The van der Waals surface area contributed by atoms with Gasteiger partial charge in [0.05, 0.1) is 19.0 Å². The van der Waals surface area contributed by atoms with Gasteiger partial charge in [-0.15, -0.1) is 5.10 Å². The Hall–Kier alpha value is -4.54. The van der Waals surface area contributed by atoms with E-state index in [0.29, 0.717) is 18.7 Å². The van der Waals surface area contributed by atoms with Crippen LogP contribution in [0, 0.1) is 6.92 Å².